The van der Waals surface area contributed by atoms with Crippen molar-refractivity contribution in [3.05, 3.63) is 5.82 Å². The monoisotopic (exact) mass is 198 g/mol. The van der Waals surface area contributed by atoms with Crippen LogP contribution in [0.1, 0.15) is 26.1 Å². The summed E-state index contributed by atoms with van der Waals surface area (Å²) in [7, 11) is 0. The minimum absolute atomic E-state index is 0.0811. The van der Waals surface area contributed by atoms with Crippen LogP contribution in [0, 0.1) is 6.92 Å². The number of nitrogens with zero attached hydrogens (tertiary/aromatic N) is 2. The van der Waals surface area contributed by atoms with Crippen LogP contribution in [0.25, 0.3) is 0 Å². The molecule has 0 saturated carbocycles. The van der Waals surface area contributed by atoms with Crippen LogP contribution in [0.15, 0.2) is 4.52 Å². The second-order valence-corrected chi connectivity index (χ2v) is 3.37. The first-order valence-corrected chi connectivity index (χ1v) is 4.36. The van der Waals surface area contributed by atoms with E-state index in [4.69, 9.17) is 10.3 Å². The topological polar surface area (TPSA) is 94.0 Å². The molecule has 1 rings (SSSR count). The number of anilines is 1. The number of rotatable bonds is 3. The molecule has 1 atom stereocenters. The fourth-order valence-electron chi connectivity index (χ4n) is 0.748. The third kappa shape index (κ3) is 2.29. The molecule has 0 radical (unpaired) electrons. The molecule has 78 valence electrons. The summed E-state index contributed by atoms with van der Waals surface area (Å²) in [6.45, 7) is 5.14. The van der Waals surface area contributed by atoms with Gasteiger partial charge in [0.05, 0.1) is 5.54 Å². The fraction of sp³-hybridized carbons (Fsp3) is 0.625. The highest BCUT2D eigenvalue weighted by atomic mass is 16.5. The van der Waals surface area contributed by atoms with Gasteiger partial charge in [-0.3, -0.25) is 10.1 Å². The Kier molecular flexibility index (Phi) is 2.85. The van der Waals surface area contributed by atoms with Crippen molar-refractivity contribution in [1.82, 2.24) is 10.1 Å². The molecular weight excluding hydrogens is 184 g/mol. The Balaban J connectivity index is 2.66. The normalized spacial score (nSPS) is 14.9. The van der Waals surface area contributed by atoms with Crippen LogP contribution in [0.4, 0.5) is 6.01 Å². The summed E-state index contributed by atoms with van der Waals surface area (Å²) in [6.07, 6.45) is 0.534. The third-order valence-electron chi connectivity index (χ3n) is 2.00. The number of carbonyl (C=O) groups excluding carboxylic acids is 1. The van der Waals surface area contributed by atoms with E-state index in [9.17, 15) is 4.79 Å². The number of carbonyl (C=O) groups is 1. The lowest BCUT2D eigenvalue weighted by atomic mass is 10.00. The van der Waals surface area contributed by atoms with E-state index in [0.717, 1.165) is 0 Å². The van der Waals surface area contributed by atoms with Gasteiger partial charge >= 0.3 is 6.01 Å². The minimum Gasteiger partial charge on any atom is -0.318 e. The molecule has 0 aromatic carbocycles. The van der Waals surface area contributed by atoms with Crippen molar-refractivity contribution in [2.75, 3.05) is 5.32 Å². The maximum atomic E-state index is 11.5. The maximum Gasteiger partial charge on any atom is 0.328 e. The summed E-state index contributed by atoms with van der Waals surface area (Å²) >= 11 is 0. The summed E-state index contributed by atoms with van der Waals surface area (Å²) in [5, 5.41) is 5.99. The first-order valence-electron chi connectivity index (χ1n) is 4.36. The number of hydrogen-bond donors (Lipinski definition) is 2. The van der Waals surface area contributed by atoms with Crippen LogP contribution in [0.3, 0.4) is 0 Å². The van der Waals surface area contributed by atoms with Crippen LogP contribution in [-0.2, 0) is 4.79 Å². The van der Waals surface area contributed by atoms with E-state index in [0.29, 0.717) is 12.2 Å². The van der Waals surface area contributed by atoms with Crippen molar-refractivity contribution < 1.29 is 9.32 Å². The molecule has 1 aromatic rings. The highest BCUT2D eigenvalue weighted by Gasteiger charge is 2.27. The molecule has 1 amide bonds. The molecule has 0 aliphatic rings. The Hall–Kier alpha value is -1.43. The quantitative estimate of drug-likeness (QED) is 0.735. The van der Waals surface area contributed by atoms with Crippen LogP contribution in [0.5, 0.6) is 0 Å². The molecule has 6 nitrogen and oxygen atoms in total. The predicted octanol–water partition coefficient (Wildman–Crippen LogP) is 0.444. The lowest BCUT2D eigenvalue weighted by Crippen LogP contribution is -2.47. The molecule has 1 heterocycles. The molecule has 1 unspecified atom stereocenters. The predicted molar refractivity (Wildman–Crippen MR) is 50.5 cm³/mol. The molecule has 0 aliphatic carbocycles. The van der Waals surface area contributed by atoms with E-state index in [2.05, 4.69) is 15.5 Å². The van der Waals surface area contributed by atoms with Gasteiger partial charge in [-0.1, -0.05) is 12.1 Å². The van der Waals surface area contributed by atoms with Crippen molar-refractivity contribution in [1.29, 1.82) is 0 Å². The SMILES string of the molecule is CCC(C)(N)C(=O)Nc1nc(C)no1. The zero-order valence-electron chi connectivity index (χ0n) is 8.50. The van der Waals surface area contributed by atoms with Gasteiger partial charge in [0.15, 0.2) is 5.82 Å². The van der Waals surface area contributed by atoms with Crippen molar-refractivity contribution >= 4 is 11.9 Å². The molecule has 0 saturated heterocycles. The van der Waals surface area contributed by atoms with E-state index >= 15 is 0 Å². The van der Waals surface area contributed by atoms with E-state index in [-0.39, 0.29) is 11.9 Å². The lowest BCUT2D eigenvalue weighted by Gasteiger charge is -2.19. The highest BCUT2D eigenvalue weighted by Crippen LogP contribution is 2.09. The van der Waals surface area contributed by atoms with Gasteiger partial charge in [-0.05, 0) is 20.3 Å². The van der Waals surface area contributed by atoms with Gasteiger partial charge in [-0.25, -0.2) is 0 Å². The van der Waals surface area contributed by atoms with Gasteiger partial charge in [-0.2, -0.15) is 4.98 Å². The van der Waals surface area contributed by atoms with Gasteiger partial charge in [0, 0.05) is 0 Å². The number of aromatic nitrogens is 2. The van der Waals surface area contributed by atoms with E-state index in [1.807, 2.05) is 6.92 Å². The van der Waals surface area contributed by atoms with Crippen LogP contribution >= 0.6 is 0 Å². The second kappa shape index (κ2) is 3.75. The average Bonchev–Trinajstić information content (AvgIpc) is 2.51. The molecule has 0 aliphatic heterocycles. The molecular formula is C8H14N4O2. The van der Waals surface area contributed by atoms with Crippen molar-refractivity contribution in [3.8, 4) is 0 Å². The standard InChI is InChI=1S/C8H14N4O2/c1-4-8(3,9)6(13)11-7-10-5(2)12-14-7/h4,9H2,1-3H3,(H,10,11,12,13). The number of nitrogens with one attached hydrogen (secondary N) is 1. The Labute approximate surface area is 81.9 Å². The molecule has 6 heteroatoms. The maximum absolute atomic E-state index is 11.5. The zero-order chi connectivity index (χ0) is 10.8. The van der Waals surface area contributed by atoms with Crippen LogP contribution in [-0.4, -0.2) is 21.6 Å². The lowest BCUT2D eigenvalue weighted by molar-refractivity contribution is -0.120. The molecule has 14 heavy (non-hydrogen) atoms. The second-order valence-electron chi connectivity index (χ2n) is 3.37. The van der Waals surface area contributed by atoms with E-state index < -0.39 is 5.54 Å². The summed E-state index contributed by atoms with van der Waals surface area (Å²) in [5.41, 5.74) is 4.80. The Morgan fingerprint density at radius 3 is 2.79 bits per heavy atom. The number of aryl methyl sites for hydroxylation is 1. The van der Waals surface area contributed by atoms with Crippen LogP contribution in [0.2, 0.25) is 0 Å². The largest absolute Gasteiger partial charge is 0.328 e. The minimum atomic E-state index is -0.914. The van der Waals surface area contributed by atoms with E-state index in [1.54, 1.807) is 13.8 Å². The number of amides is 1. The van der Waals surface area contributed by atoms with Gasteiger partial charge in [0.25, 0.3) is 0 Å². The first kappa shape index (κ1) is 10.6. The van der Waals surface area contributed by atoms with Gasteiger partial charge in [0.1, 0.15) is 0 Å². The smallest absolute Gasteiger partial charge is 0.318 e. The molecule has 3 N–H and O–H groups in total. The van der Waals surface area contributed by atoms with Crippen molar-refractivity contribution in [2.24, 2.45) is 5.73 Å². The Morgan fingerprint density at radius 2 is 2.36 bits per heavy atom. The van der Waals surface area contributed by atoms with Gasteiger partial charge in [0.2, 0.25) is 5.91 Å². The number of nitrogens with two attached hydrogens (primary N) is 1. The molecule has 0 spiro atoms. The van der Waals surface area contributed by atoms with E-state index in [1.165, 1.54) is 0 Å². The summed E-state index contributed by atoms with van der Waals surface area (Å²) in [6, 6.07) is 0.0811. The summed E-state index contributed by atoms with van der Waals surface area (Å²) in [5.74, 6) is 0.138. The van der Waals surface area contributed by atoms with Crippen molar-refractivity contribution in [3.63, 3.8) is 0 Å². The van der Waals surface area contributed by atoms with Crippen LogP contribution < -0.4 is 11.1 Å². The highest BCUT2D eigenvalue weighted by molar-refractivity contribution is 5.95. The van der Waals surface area contributed by atoms with Gasteiger partial charge in [-0.15, -0.1) is 0 Å². The summed E-state index contributed by atoms with van der Waals surface area (Å²) < 4.78 is 4.73. The average molecular weight is 198 g/mol. The first-order chi connectivity index (χ1) is 6.45. The third-order valence-corrected chi connectivity index (χ3v) is 2.00. The molecule has 0 fully saturated rings. The summed E-state index contributed by atoms with van der Waals surface area (Å²) in [4.78, 5) is 15.3. The Bertz CT molecular complexity index is 332. The zero-order valence-corrected chi connectivity index (χ0v) is 8.50. The van der Waals surface area contributed by atoms with Crippen molar-refractivity contribution in [2.45, 2.75) is 32.7 Å². The molecule has 0 bridgehead atoms. The number of hydrogen-bond acceptors (Lipinski definition) is 5. The molecule has 1 aromatic heterocycles. The fourth-order valence-corrected chi connectivity index (χ4v) is 0.748. The van der Waals surface area contributed by atoms with Gasteiger partial charge < -0.3 is 10.3 Å². The Morgan fingerprint density at radius 1 is 1.71 bits per heavy atom.